The van der Waals surface area contributed by atoms with E-state index in [9.17, 15) is 0 Å². The van der Waals surface area contributed by atoms with E-state index in [1.807, 2.05) is 10.8 Å². The summed E-state index contributed by atoms with van der Waals surface area (Å²) in [6.45, 7) is 0.198. The summed E-state index contributed by atoms with van der Waals surface area (Å²) in [7, 11) is 0. The first kappa shape index (κ1) is 11.7. The van der Waals surface area contributed by atoms with Crippen LogP contribution < -0.4 is 11.1 Å². The van der Waals surface area contributed by atoms with Crippen molar-refractivity contribution < 1.29 is 5.11 Å². The first-order valence-corrected chi connectivity index (χ1v) is 6.82. The van der Waals surface area contributed by atoms with Crippen molar-refractivity contribution in [1.29, 1.82) is 0 Å². The van der Waals surface area contributed by atoms with Crippen LogP contribution in [-0.4, -0.2) is 37.3 Å². The molecule has 104 valence electrons. The molecule has 2 aliphatic carbocycles. The number of aliphatic hydroxyl groups is 1. The Balaban J connectivity index is 1.75. The molecule has 0 amide bonds. The van der Waals surface area contributed by atoms with Crippen molar-refractivity contribution in [2.75, 3.05) is 17.7 Å². The van der Waals surface area contributed by atoms with E-state index < -0.39 is 0 Å². The Kier molecular flexibility index (Phi) is 2.43. The molecule has 2 aromatic heterocycles. The Morgan fingerprint density at radius 2 is 2.30 bits per heavy atom. The van der Waals surface area contributed by atoms with Crippen molar-refractivity contribution in [3.05, 3.63) is 11.9 Å². The molecule has 4 N–H and O–H groups in total. The van der Waals surface area contributed by atoms with Crippen LogP contribution in [0.25, 0.3) is 17.4 Å². The molecule has 0 aliphatic heterocycles. The highest BCUT2D eigenvalue weighted by atomic mass is 16.3. The van der Waals surface area contributed by atoms with E-state index in [2.05, 4.69) is 20.3 Å². The summed E-state index contributed by atoms with van der Waals surface area (Å²) >= 11 is 0. The van der Waals surface area contributed by atoms with Gasteiger partial charge < -0.3 is 16.2 Å². The number of nitrogens with one attached hydrogen (secondary N) is 1. The van der Waals surface area contributed by atoms with Crippen molar-refractivity contribution in [3.63, 3.8) is 0 Å². The minimum atomic E-state index is 0.198. The van der Waals surface area contributed by atoms with Crippen molar-refractivity contribution >= 4 is 29.1 Å². The lowest BCUT2D eigenvalue weighted by Gasteiger charge is -2.05. The molecule has 7 heteroatoms. The number of anilines is 2. The van der Waals surface area contributed by atoms with Gasteiger partial charge in [-0.3, -0.25) is 4.57 Å². The first-order chi connectivity index (χ1) is 9.74. The number of rotatable bonds is 4. The smallest absolute Gasteiger partial charge is 0.224 e. The van der Waals surface area contributed by atoms with E-state index in [1.54, 1.807) is 6.33 Å². The molecular formula is C13H16N6O. The predicted molar refractivity (Wildman–Crippen MR) is 75.8 cm³/mol. The van der Waals surface area contributed by atoms with Crippen LogP contribution >= 0.6 is 0 Å². The molecule has 1 atom stereocenters. The maximum atomic E-state index is 9.09. The molecule has 7 nitrogen and oxygen atoms in total. The summed E-state index contributed by atoms with van der Waals surface area (Å²) in [5, 5.41) is 12.4. The number of nitrogens with two attached hydrogens (primary N) is 1. The van der Waals surface area contributed by atoms with Gasteiger partial charge in [-0.25, -0.2) is 4.98 Å². The van der Waals surface area contributed by atoms with Gasteiger partial charge in [-0.2, -0.15) is 9.97 Å². The summed E-state index contributed by atoms with van der Waals surface area (Å²) in [6.07, 6.45) is 6.95. The van der Waals surface area contributed by atoms with Gasteiger partial charge in [0.25, 0.3) is 0 Å². The molecule has 0 bridgehead atoms. The minimum Gasteiger partial charge on any atom is -0.396 e. The van der Waals surface area contributed by atoms with Gasteiger partial charge in [0.1, 0.15) is 6.33 Å². The van der Waals surface area contributed by atoms with Crippen molar-refractivity contribution in [2.24, 2.45) is 5.92 Å². The number of imidazole rings is 1. The van der Waals surface area contributed by atoms with Crippen LogP contribution in [0.15, 0.2) is 11.9 Å². The lowest BCUT2D eigenvalue weighted by atomic mass is 10.4. The molecule has 0 saturated heterocycles. The zero-order chi connectivity index (χ0) is 13.7. The summed E-state index contributed by atoms with van der Waals surface area (Å²) < 4.78 is 1.86. The Morgan fingerprint density at radius 3 is 3.00 bits per heavy atom. The molecule has 2 aromatic rings. The Morgan fingerprint density at radius 1 is 1.45 bits per heavy atom. The zero-order valence-electron chi connectivity index (χ0n) is 11.0. The van der Waals surface area contributed by atoms with Crippen LogP contribution in [0.2, 0.25) is 0 Å². The zero-order valence-corrected chi connectivity index (χ0v) is 11.0. The molecule has 2 heterocycles. The highest BCUT2D eigenvalue weighted by molar-refractivity contribution is 5.85. The Hall–Kier alpha value is -2.15. The second kappa shape index (κ2) is 4.17. The topological polar surface area (TPSA) is 102 Å². The quantitative estimate of drug-likeness (QED) is 0.762. The van der Waals surface area contributed by atoms with Crippen molar-refractivity contribution in [1.82, 2.24) is 19.5 Å². The fourth-order valence-corrected chi connectivity index (χ4v) is 2.29. The summed E-state index contributed by atoms with van der Waals surface area (Å²) in [4.78, 5) is 12.9. The van der Waals surface area contributed by atoms with E-state index in [0.29, 0.717) is 17.5 Å². The molecule has 4 rings (SSSR count). The van der Waals surface area contributed by atoms with Gasteiger partial charge >= 0.3 is 0 Å². The first-order valence-electron chi connectivity index (χ1n) is 6.82. The van der Waals surface area contributed by atoms with Crippen LogP contribution in [0.1, 0.15) is 19.3 Å². The highest BCUT2D eigenvalue weighted by Gasteiger charge is 2.29. The van der Waals surface area contributed by atoms with Gasteiger partial charge in [-0.15, -0.1) is 0 Å². The molecule has 2 aliphatic rings. The molecule has 0 radical (unpaired) electrons. The summed E-state index contributed by atoms with van der Waals surface area (Å²) in [6, 6.07) is 0.484. The van der Waals surface area contributed by atoms with Gasteiger partial charge in [0.15, 0.2) is 17.0 Å². The van der Waals surface area contributed by atoms with E-state index in [0.717, 1.165) is 24.8 Å². The van der Waals surface area contributed by atoms with E-state index in [-0.39, 0.29) is 18.5 Å². The molecule has 2 fully saturated rings. The second-order valence-electron chi connectivity index (χ2n) is 5.46. The monoisotopic (exact) mass is 272 g/mol. The lowest BCUT2D eigenvalue weighted by Crippen LogP contribution is -2.07. The van der Waals surface area contributed by atoms with E-state index in [1.165, 1.54) is 5.57 Å². The van der Waals surface area contributed by atoms with Crippen LogP contribution in [0.5, 0.6) is 0 Å². The third-order valence-electron chi connectivity index (χ3n) is 3.73. The van der Waals surface area contributed by atoms with Gasteiger partial charge in [0.2, 0.25) is 5.95 Å². The van der Waals surface area contributed by atoms with E-state index in [4.69, 9.17) is 10.8 Å². The number of nitrogen functional groups attached to an aromatic ring is 1. The molecule has 2 saturated carbocycles. The average molecular weight is 272 g/mol. The van der Waals surface area contributed by atoms with Crippen molar-refractivity contribution in [3.8, 4) is 0 Å². The number of nitrogens with zero attached hydrogens (tertiary/aromatic N) is 4. The lowest BCUT2D eigenvalue weighted by molar-refractivity contribution is 0.281. The number of hydrogen-bond acceptors (Lipinski definition) is 6. The highest BCUT2D eigenvalue weighted by Crippen LogP contribution is 2.38. The molecule has 0 spiro atoms. The molecule has 20 heavy (non-hydrogen) atoms. The number of aromatic nitrogens is 4. The fraction of sp³-hybridized carbons (Fsp3) is 0.462. The van der Waals surface area contributed by atoms with Crippen molar-refractivity contribution in [2.45, 2.75) is 25.3 Å². The minimum absolute atomic E-state index is 0.198. The Bertz CT molecular complexity index is 702. The third-order valence-corrected chi connectivity index (χ3v) is 3.73. The fourth-order valence-electron chi connectivity index (χ4n) is 2.29. The largest absolute Gasteiger partial charge is 0.396 e. The van der Waals surface area contributed by atoms with Crippen LogP contribution in [-0.2, 0) is 0 Å². The van der Waals surface area contributed by atoms with Gasteiger partial charge in [0, 0.05) is 24.8 Å². The number of fused-ring (bicyclic) bond motifs is 1. The van der Waals surface area contributed by atoms with Gasteiger partial charge in [0.05, 0.1) is 0 Å². The molecule has 1 unspecified atom stereocenters. The van der Waals surface area contributed by atoms with Gasteiger partial charge in [-0.05, 0) is 24.8 Å². The SMILES string of the molecule is Nc1nc(NC2CC2)c2ncn(/C=C3\CC3CO)c2n1. The molecule has 0 aromatic carbocycles. The third kappa shape index (κ3) is 2.00. The predicted octanol–water partition coefficient (Wildman–Crippen LogP) is 0.836. The maximum Gasteiger partial charge on any atom is 0.224 e. The van der Waals surface area contributed by atoms with E-state index >= 15 is 0 Å². The summed E-state index contributed by atoms with van der Waals surface area (Å²) in [5.41, 5.74) is 8.44. The Labute approximate surface area is 115 Å². The van der Waals surface area contributed by atoms with Gasteiger partial charge in [-0.1, -0.05) is 0 Å². The van der Waals surface area contributed by atoms with Crippen LogP contribution in [0, 0.1) is 5.92 Å². The normalized spacial score (nSPS) is 23.4. The van der Waals surface area contributed by atoms with Crippen LogP contribution in [0.4, 0.5) is 11.8 Å². The van der Waals surface area contributed by atoms with Crippen LogP contribution in [0.3, 0.4) is 0 Å². The standard InChI is InChI=1S/C13H16N6O/c14-13-17-11(16-9-1-2-9)10-12(18-13)19(6-15-10)4-7-3-8(7)5-20/h4,6,8-9,20H,1-3,5H2,(H3,14,16,17,18)/b7-4+. The summed E-state index contributed by atoms with van der Waals surface area (Å²) in [5.74, 6) is 1.24. The molecular weight excluding hydrogens is 256 g/mol. The number of hydrogen-bond donors (Lipinski definition) is 3. The maximum absolute atomic E-state index is 9.09. The second-order valence-corrected chi connectivity index (χ2v) is 5.46. The average Bonchev–Trinajstić information content (AvgIpc) is 3.32. The number of aliphatic hydroxyl groups excluding tert-OH is 1.